The van der Waals surface area contributed by atoms with E-state index in [0.717, 1.165) is 23.4 Å². The lowest BCUT2D eigenvalue weighted by molar-refractivity contribution is 0.0735. The van der Waals surface area contributed by atoms with Gasteiger partial charge in [-0.05, 0) is 80.6 Å². The number of nitrogens with zero attached hydrogens (tertiary/aromatic N) is 2. The summed E-state index contributed by atoms with van der Waals surface area (Å²) in [4.78, 5) is 18.0. The lowest BCUT2D eigenvalue weighted by Crippen LogP contribution is -2.36. The standard InChI is InChI=1S/C29H31Cl2N3O2/c1-18-13-14-34-24(15-18)32-25(26(34)33-29(5,6)17-28(2,3)4)21-9-7-8-10-23(21)36-27(35)20-12-11-19(30)16-22(20)31/h7-16,33H,17H2,1-6H3. The van der Waals surface area contributed by atoms with Crippen LogP contribution < -0.4 is 10.1 Å². The molecule has 4 rings (SSSR count). The summed E-state index contributed by atoms with van der Waals surface area (Å²) in [7, 11) is 0. The van der Waals surface area contributed by atoms with Gasteiger partial charge in [0, 0.05) is 22.3 Å². The molecule has 0 aliphatic rings. The molecule has 1 N–H and O–H groups in total. The Kier molecular flexibility index (Phi) is 7.09. The van der Waals surface area contributed by atoms with Crippen LogP contribution >= 0.6 is 23.2 Å². The lowest BCUT2D eigenvalue weighted by atomic mass is 9.82. The van der Waals surface area contributed by atoms with Crippen LogP contribution in [0.4, 0.5) is 5.82 Å². The van der Waals surface area contributed by atoms with Gasteiger partial charge in [0.1, 0.15) is 22.9 Å². The maximum Gasteiger partial charge on any atom is 0.345 e. The number of anilines is 1. The molecule has 2 aromatic heterocycles. The molecule has 0 atom stereocenters. The Balaban J connectivity index is 1.80. The molecule has 5 nitrogen and oxygen atoms in total. The van der Waals surface area contributed by atoms with Crippen LogP contribution in [0.1, 0.15) is 57.0 Å². The van der Waals surface area contributed by atoms with E-state index < -0.39 is 5.97 Å². The number of halogens is 2. The van der Waals surface area contributed by atoms with Crippen LogP contribution in [0.15, 0.2) is 60.8 Å². The molecule has 0 aliphatic heterocycles. The van der Waals surface area contributed by atoms with E-state index >= 15 is 0 Å². The molecular weight excluding hydrogens is 493 g/mol. The summed E-state index contributed by atoms with van der Waals surface area (Å²) in [5.41, 5.74) is 3.46. The number of fused-ring (bicyclic) bond motifs is 1. The number of pyridine rings is 1. The maximum absolute atomic E-state index is 13.0. The Hall–Kier alpha value is -3.02. The molecule has 36 heavy (non-hydrogen) atoms. The van der Waals surface area contributed by atoms with Crippen LogP contribution in [0.3, 0.4) is 0 Å². The summed E-state index contributed by atoms with van der Waals surface area (Å²) in [6.45, 7) is 13.1. The molecule has 0 amide bonds. The molecule has 0 saturated heterocycles. The van der Waals surface area contributed by atoms with Crippen LogP contribution in [0.25, 0.3) is 16.9 Å². The van der Waals surface area contributed by atoms with Crippen LogP contribution in [-0.4, -0.2) is 20.9 Å². The van der Waals surface area contributed by atoms with Gasteiger partial charge in [-0.1, -0.05) is 56.1 Å². The van der Waals surface area contributed by atoms with E-state index in [1.54, 1.807) is 18.2 Å². The highest BCUT2D eigenvalue weighted by Crippen LogP contribution is 2.39. The van der Waals surface area contributed by atoms with Gasteiger partial charge in [0.2, 0.25) is 0 Å². The van der Waals surface area contributed by atoms with Crippen molar-refractivity contribution < 1.29 is 9.53 Å². The van der Waals surface area contributed by atoms with Gasteiger partial charge in [-0.3, -0.25) is 4.40 Å². The van der Waals surface area contributed by atoms with E-state index in [4.69, 9.17) is 32.9 Å². The summed E-state index contributed by atoms with van der Waals surface area (Å²) in [5.74, 6) is 0.670. The van der Waals surface area contributed by atoms with Crippen LogP contribution in [-0.2, 0) is 0 Å². The maximum atomic E-state index is 13.0. The zero-order valence-corrected chi connectivity index (χ0v) is 23.0. The fraction of sp³-hybridized carbons (Fsp3) is 0.310. The summed E-state index contributed by atoms with van der Waals surface area (Å²) >= 11 is 12.2. The number of hydrogen-bond acceptors (Lipinski definition) is 4. The second-order valence-electron chi connectivity index (χ2n) is 11.0. The Morgan fingerprint density at radius 3 is 2.44 bits per heavy atom. The van der Waals surface area contributed by atoms with Crippen molar-refractivity contribution in [2.75, 3.05) is 5.32 Å². The van der Waals surface area contributed by atoms with Gasteiger partial charge in [-0.25, -0.2) is 9.78 Å². The van der Waals surface area contributed by atoms with E-state index in [2.05, 4.69) is 46.0 Å². The van der Waals surface area contributed by atoms with Gasteiger partial charge >= 0.3 is 5.97 Å². The molecule has 0 radical (unpaired) electrons. The highest BCUT2D eigenvalue weighted by Gasteiger charge is 2.29. The van der Waals surface area contributed by atoms with Crippen molar-refractivity contribution in [3.05, 3.63) is 82.0 Å². The van der Waals surface area contributed by atoms with Crippen molar-refractivity contribution in [2.45, 2.75) is 53.5 Å². The first kappa shape index (κ1) is 26.1. The summed E-state index contributed by atoms with van der Waals surface area (Å²) in [6, 6.07) is 16.2. The first-order chi connectivity index (χ1) is 16.8. The van der Waals surface area contributed by atoms with Crippen molar-refractivity contribution in [1.29, 1.82) is 0 Å². The van der Waals surface area contributed by atoms with E-state index in [9.17, 15) is 4.79 Å². The molecular formula is C29H31Cl2N3O2. The van der Waals surface area contributed by atoms with E-state index in [1.807, 2.05) is 41.8 Å². The number of carbonyl (C=O) groups excluding carboxylic acids is 1. The number of esters is 1. The highest BCUT2D eigenvalue weighted by atomic mass is 35.5. The third-order valence-electron chi connectivity index (χ3n) is 5.71. The number of hydrogen-bond donors (Lipinski definition) is 1. The number of nitrogens with one attached hydrogen (secondary N) is 1. The topological polar surface area (TPSA) is 55.6 Å². The number of benzene rings is 2. The van der Waals surface area contributed by atoms with Gasteiger partial charge in [0.05, 0.1) is 10.6 Å². The predicted molar refractivity (Wildman–Crippen MR) is 149 cm³/mol. The second kappa shape index (κ2) is 9.79. The number of aryl methyl sites for hydroxylation is 1. The lowest BCUT2D eigenvalue weighted by Gasteiger charge is -2.34. The van der Waals surface area contributed by atoms with Crippen LogP contribution in [0, 0.1) is 12.3 Å². The first-order valence-electron chi connectivity index (χ1n) is 11.9. The molecule has 0 bridgehead atoms. The van der Waals surface area contributed by atoms with E-state index in [-0.39, 0.29) is 21.5 Å². The summed E-state index contributed by atoms with van der Waals surface area (Å²) < 4.78 is 7.89. The number of ether oxygens (including phenoxy) is 1. The first-order valence-corrected chi connectivity index (χ1v) is 12.6. The zero-order valence-electron chi connectivity index (χ0n) is 21.4. The zero-order chi connectivity index (χ0) is 26.3. The minimum absolute atomic E-state index is 0.124. The van der Waals surface area contributed by atoms with Gasteiger partial charge in [0.15, 0.2) is 0 Å². The smallest absolute Gasteiger partial charge is 0.345 e. The average molecular weight is 524 g/mol. The number of aromatic nitrogens is 2. The van der Waals surface area contributed by atoms with Gasteiger partial charge < -0.3 is 10.1 Å². The Bertz CT molecular complexity index is 1430. The normalized spacial score (nSPS) is 12.1. The van der Waals surface area contributed by atoms with Crippen molar-refractivity contribution in [3.63, 3.8) is 0 Å². The van der Waals surface area contributed by atoms with E-state index in [0.29, 0.717) is 22.0 Å². The monoisotopic (exact) mass is 523 g/mol. The van der Waals surface area contributed by atoms with Crippen LogP contribution in [0.2, 0.25) is 10.0 Å². The largest absolute Gasteiger partial charge is 0.422 e. The number of rotatable bonds is 6. The summed E-state index contributed by atoms with van der Waals surface area (Å²) in [6.07, 6.45) is 2.95. The molecule has 0 aliphatic carbocycles. The number of imidazole rings is 1. The Morgan fingerprint density at radius 1 is 1.03 bits per heavy atom. The third kappa shape index (κ3) is 5.85. The third-order valence-corrected chi connectivity index (χ3v) is 6.25. The second-order valence-corrected chi connectivity index (χ2v) is 11.8. The van der Waals surface area contributed by atoms with Crippen molar-refractivity contribution in [3.8, 4) is 17.0 Å². The van der Waals surface area contributed by atoms with Crippen molar-refractivity contribution in [2.24, 2.45) is 5.41 Å². The fourth-order valence-electron chi connectivity index (χ4n) is 4.71. The van der Waals surface area contributed by atoms with Gasteiger partial charge in [0.25, 0.3) is 0 Å². The molecule has 0 spiro atoms. The fourth-order valence-corrected chi connectivity index (χ4v) is 5.19. The Morgan fingerprint density at radius 2 is 1.75 bits per heavy atom. The summed E-state index contributed by atoms with van der Waals surface area (Å²) in [5, 5.41) is 4.42. The van der Waals surface area contributed by atoms with Gasteiger partial charge in [-0.2, -0.15) is 0 Å². The minimum atomic E-state index is -0.564. The molecule has 0 saturated carbocycles. The molecule has 0 unspecified atom stereocenters. The molecule has 188 valence electrons. The SMILES string of the molecule is Cc1ccn2c(NC(C)(C)CC(C)(C)C)c(-c3ccccc3OC(=O)c3ccc(Cl)cc3Cl)nc2c1. The van der Waals surface area contributed by atoms with Crippen molar-refractivity contribution in [1.82, 2.24) is 9.38 Å². The number of carbonyl (C=O) groups is 1. The van der Waals surface area contributed by atoms with Gasteiger partial charge in [-0.15, -0.1) is 0 Å². The molecule has 0 fully saturated rings. The quantitative estimate of drug-likeness (QED) is 0.203. The molecule has 7 heteroatoms. The number of para-hydroxylation sites is 1. The average Bonchev–Trinajstić information content (AvgIpc) is 3.08. The Labute approximate surface area is 222 Å². The minimum Gasteiger partial charge on any atom is -0.422 e. The molecule has 2 heterocycles. The molecule has 2 aromatic carbocycles. The van der Waals surface area contributed by atoms with Crippen LogP contribution in [0.5, 0.6) is 5.75 Å². The predicted octanol–water partition coefficient (Wildman–Crippen LogP) is 8.46. The molecule has 4 aromatic rings. The van der Waals surface area contributed by atoms with Crippen molar-refractivity contribution >= 4 is 40.6 Å². The van der Waals surface area contributed by atoms with E-state index in [1.165, 1.54) is 6.07 Å². The highest BCUT2D eigenvalue weighted by molar-refractivity contribution is 6.36.